The second-order valence-corrected chi connectivity index (χ2v) is 7.92. The van der Waals surface area contributed by atoms with Crippen LogP contribution >= 0.6 is 0 Å². The Morgan fingerprint density at radius 2 is 1.74 bits per heavy atom. The molecule has 2 unspecified atom stereocenters. The summed E-state index contributed by atoms with van der Waals surface area (Å²) in [6.45, 7) is 7.55. The van der Waals surface area contributed by atoms with Gasteiger partial charge in [-0.2, -0.15) is 0 Å². The van der Waals surface area contributed by atoms with Crippen molar-refractivity contribution in [3.05, 3.63) is 35.9 Å². The summed E-state index contributed by atoms with van der Waals surface area (Å²) in [6.07, 6.45) is 4.84. The van der Waals surface area contributed by atoms with E-state index < -0.39 is 12.0 Å². The van der Waals surface area contributed by atoms with E-state index in [9.17, 15) is 9.90 Å². The number of rotatable bonds is 9. The highest BCUT2D eigenvalue weighted by molar-refractivity contribution is 5.79. The fourth-order valence-electron chi connectivity index (χ4n) is 3.88. The van der Waals surface area contributed by atoms with Crippen LogP contribution < -0.4 is 17.0 Å². The minimum Gasteiger partial charge on any atom is -1.00 e. The number of halogens is 1. The SMILES string of the molecule is CC[N+](C)(CC)CCOC(=O)C(c1ccccc1)C(O)C1CCCCC1.[Br-]. The van der Waals surface area contributed by atoms with Crippen molar-refractivity contribution in [2.24, 2.45) is 5.92 Å². The van der Waals surface area contributed by atoms with Gasteiger partial charge in [0.05, 0.1) is 26.2 Å². The van der Waals surface area contributed by atoms with Crippen LogP contribution in [-0.4, -0.2) is 55.0 Å². The Balaban J connectivity index is 0.00000364. The van der Waals surface area contributed by atoms with Gasteiger partial charge in [0.1, 0.15) is 19.1 Å². The smallest absolute Gasteiger partial charge is 0.316 e. The maximum atomic E-state index is 12.9. The van der Waals surface area contributed by atoms with Gasteiger partial charge in [0.15, 0.2) is 0 Å². The predicted octanol–water partition coefficient (Wildman–Crippen LogP) is 0.745. The molecule has 0 radical (unpaired) electrons. The van der Waals surface area contributed by atoms with Gasteiger partial charge in [0.2, 0.25) is 0 Å². The number of benzene rings is 1. The van der Waals surface area contributed by atoms with Crippen LogP contribution in [0.1, 0.15) is 57.4 Å². The lowest BCUT2D eigenvalue weighted by Crippen LogP contribution is -3.00. The summed E-state index contributed by atoms with van der Waals surface area (Å²) in [5, 5.41) is 11.0. The third-order valence-corrected chi connectivity index (χ3v) is 6.29. The molecule has 0 aliphatic heterocycles. The van der Waals surface area contributed by atoms with Gasteiger partial charge in [-0.05, 0) is 38.2 Å². The molecule has 2 rings (SSSR count). The number of quaternary nitrogens is 1. The molecule has 0 saturated heterocycles. The van der Waals surface area contributed by atoms with Crippen LogP contribution in [0.2, 0.25) is 0 Å². The third kappa shape index (κ3) is 6.88. The van der Waals surface area contributed by atoms with E-state index in [0.717, 1.165) is 55.4 Å². The number of carbonyl (C=O) groups is 1. The van der Waals surface area contributed by atoms with Gasteiger partial charge in [0, 0.05) is 0 Å². The second kappa shape index (κ2) is 11.8. The number of esters is 1. The lowest BCUT2D eigenvalue weighted by atomic mass is 9.78. The average molecular weight is 442 g/mol. The molecule has 1 aliphatic rings. The predicted molar refractivity (Wildman–Crippen MR) is 105 cm³/mol. The first-order chi connectivity index (χ1) is 12.5. The van der Waals surface area contributed by atoms with Crippen molar-refractivity contribution >= 4 is 5.97 Å². The molecule has 4 nitrogen and oxygen atoms in total. The van der Waals surface area contributed by atoms with E-state index in [0.29, 0.717) is 6.61 Å². The topological polar surface area (TPSA) is 46.5 Å². The van der Waals surface area contributed by atoms with Gasteiger partial charge in [-0.3, -0.25) is 4.79 Å². The first-order valence-electron chi connectivity index (χ1n) is 10.2. The Hall–Kier alpha value is -0.910. The molecule has 1 aromatic carbocycles. The molecule has 27 heavy (non-hydrogen) atoms. The number of likely N-dealkylation sites (N-methyl/N-ethyl adjacent to an activating group) is 1. The minimum absolute atomic E-state index is 0. The summed E-state index contributed by atoms with van der Waals surface area (Å²) in [6, 6.07) is 9.63. The van der Waals surface area contributed by atoms with E-state index in [1.165, 1.54) is 6.42 Å². The Labute approximate surface area is 175 Å². The molecule has 1 N–H and O–H groups in total. The molecule has 0 aromatic heterocycles. The maximum Gasteiger partial charge on any atom is 0.316 e. The molecule has 1 fully saturated rings. The molecule has 0 heterocycles. The van der Waals surface area contributed by atoms with Crippen LogP contribution in [0, 0.1) is 5.92 Å². The van der Waals surface area contributed by atoms with Gasteiger partial charge in [-0.1, -0.05) is 49.6 Å². The number of carbonyl (C=O) groups excluding carboxylic acids is 1. The number of ether oxygens (including phenoxy) is 1. The minimum atomic E-state index is -0.663. The zero-order valence-corrected chi connectivity index (χ0v) is 18.7. The number of hydrogen-bond acceptors (Lipinski definition) is 3. The van der Waals surface area contributed by atoms with E-state index in [-0.39, 0.29) is 28.9 Å². The zero-order chi connectivity index (χ0) is 19.0. The number of hydrogen-bond donors (Lipinski definition) is 1. The van der Waals surface area contributed by atoms with E-state index in [2.05, 4.69) is 20.9 Å². The zero-order valence-electron chi connectivity index (χ0n) is 17.1. The van der Waals surface area contributed by atoms with Gasteiger partial charge in [0.25, 0.3) is 0 Å². The largest absolute Gasteiger partial charge is 1.00 e. The van der Waals surface area contributed by atoms with Gasteiger partial charge in [-0.25, -0.2) is 0 Å². The molecule has 0 amide bonds. The van der Waals surface area contributed by atoms with E-state index in [4.69, 9.17) is 4.74 Å². The third-order valence-electron chi connectivity index (χ3n) is 6.29. The molecule has 1 saturated carbocycles. The van der Waals surface area contributed by atoms with E-state index in [1.807, 2.05) is 30.3 Å². The average Bonchev–Trinajstić information content (AvgIpc) is 2.69. The van der Waals surface area contributed by atoms with Crippen LogP contribution in [-0.2, 0) is 9.53 Å². The molecule has 154 valence electrons. The van der Waals surface area contributed by atoms with Crippen LogP contribution in [0.15, 0.2) is 30.3 Å². The Morgan fingerprint density at radius 1 is 1.15 bits per heavy atom. The number of nitrogens with zero attached hydrogens (tertiary/aromatic N) is 1. The molecular weight excluding hydrogens is 406 g/mol. The van der Waals surface area contributed by atoms with Crippen LogP contribution in [0.25, 0.3) is 0 Å². The first-order valence-corrected chi connectivity index (χ1v) is 10.2. The van der Waals surface area contributed by atoms with Crippen LogP contribution in [0.4, 0.5) is 0 Å². The summed E-state index contributed by atoms with van der Waals surface area (Å²) >= 11 is 0. The lowest BCUT2D eigenvalue weighted by Gasteiger charge is -2.33. The molecule has 0 bridgehead atoms. The van der Waals surface area contributed by atoms with Crippen molar-refractivity contribution in [1.29, 1.82) is 0 Å². The Bertz CT molecular complexity index is 542. The van der Waals surface area contributed by atoms with Gasteiger partial charge in [-0.15, -0.1) is 0 Å². The number of aliphatic hydroxyl groups excluding tert-OH is 1. The molecule has 1 aromatic rings. The Kier molecular flexibility index (Phi) is 10.6. The summed E-state index contributed by atoms with van der Waals surface area (Å²) in [7, 11) is 2.18. The summed E-state index contributed by atoms with van der Waals surface area (Å²) in [5.41, 5.74) is 0.860. The first kappa shape index (κ1) is 24.1. The van der Waals surface area contributed by atoms with Crippen molar-refractivity contribution < 1.29 is 36.1 Å². The second-order valence-electron chi connectivity index (χ2n) is 7.92. The van der Waals surface area contributed by atoms with Gasteiger partial charge < -0.3 is 31.3 Å². The standard InChI is InChI=1S/C22H36NO3.BrH/c1-4-23(3,5-2)16-17-26-22(25)20(18-12-8-6-9-13-18)21(24)19-14-10-7-11-15-19;/h6,8-9,12-13,19-21,24H,4-5,7,10-11,14-17H2,1-3H3;1H/q+1;/p-1. The quantitative estimate of drug-likeness (QED) is 0.454. The molecule has 1 aliphatic carbocycles. The highest BCUT2D eigenvalue weighted by atomic mass is 79.9. The van der Waals surface area contributed by atoms with E-state index in [1.54, 1.807) is 0 Å². The fraction of sp³-hybridized carbons (Fsp3) is 0.682. The highest BCUT2D eigenvalue weighted by Crippen LogP contribution is 2.34. The van der Waals surface area contributed by atoms with Crippen LogP contribution in [0.5, 0.6) is 0 Å². The summed E-state index contributed by atoms with van der Waals surface area (Å²) < 4.78 is 6.54. The summed E-state index contributed by atoms with van der Waals surface area (Å²) in [5.74, 6) is -0.678. The van der Waals surface area contributed by atoms with Crippen molar-refractivity contribution in [2.75, 3.05) is 33.3 Å². The number of aliphatic hydroxyl groups is 1. The maximum absolute atomic E-state index is 12.9. The molecule has 5 heteroatoms. The fourth-order valence-corrected chi connectivity index (χ4v) is 3.88. The molecule has 0 spiro atoms. The lowest BCUT2D eigenvalue weighted by molar-refractivity contribution is -0.906. The molecular formula is C22H36BrNO3. The van der Waals surface area contributed by atoms with Crippen molar-refractivity contribution in [3.63, 3.8) is 0 Å². The van der Waals surface area contributed by atoms with Crippen molar-refractivity contribution in [1.82, 2.24) is 0 Å². The monoisotopic (exact) mass is 441 g/mol. The summed E-state index contributed by atoms with van der Waals surface area (Å²) in [4.78, 5) is 12.9. The van der Waals surface area contributed by atoms with Crippen molar-refractivity contribution in [2.45, 2.75) is 58.0 Å². The molecule has 2 atom stereocenters. The van der Waals surface area contributed by atoms with E-state index >= 15 is 0 Å². The van der Waals surface area contributed by atoms with Crippen molar-refractivity contribution in [3.8, 4) is 0 Å². The Morgan fingerprint density at radius 3 is 2.30 bits per heavy atom. The van der Waals surface area contributed by atoms with Gasteiger partial charge >= 0.3 is 5.97 Å². The highest BCUT2D eigenvalue weighted by Gasteiger charge is 2.36. The normalized spacial score (nSPS) is 17.6. The van der Waals surface area contributed by atoms with Crippen LogP contribution in [0.3, 0.4) is 0 Å².